The number of hydrogen-bond donors (Lipinski definition) is 1. The average Bonchev–Trinajstić information content (AvgIpc) is 3.06. The lowest BCUT2D eigenvalue weighted by molar-refractivity contribution is 0.228. The molecule has 1 fully saturated rings. The molecule has 0 aliphatic heterocycles. The molecule has 0 bridgehead atoms. The highest BCUT2D eigenvalue weighted by Crippen LogP contribution is 2.28. The van der Waals surface area contributed by atoms with Gasteiger partial charge in [-0.2, -0.15) is 12.6 Å². The Hall–Kier alpha value is -0.410. The van der Waals surface area contributed by atoms with E-state index in [1.165, 1.54) is 45.1 Å². The molecular formula is C14H23NOS. The predicted molar refractivity (Wildman–Crippen MR) is 74.5 cm³/mol. The van der Waals surface area contributed by atoms with Crippen LogP contribution < -0.4 is 0 Å². The molecule has 0 aromatic carbocycles. The Morgan fingerprint density at radius 3 is 2.71 bits per heavy atom. The van der Waals surface area contributed by atoms with Gasteiger partial charge in [0.15, 0.2) is 0 Å². The first-order valence-electron chi connectivity index (χ1n) is 6.77. The van der Waals surface area contributed by atoms with Crippen molar-refractivity contribution < 1.29 is 4.42 Å². The van der Waals surface area contributed by atoms with Gasteiger partial charge in [-0.05, 0) is 50.1 Å². The molecule has 1 aliphatic rings. The lowest BCUT2D eigenvalue weighted by Gasteiger charge is -2.20. The lowest BCUT2D eigenvalue weighted by atomic mass is 10.2. The molecule has 1 aromatic heterocycles. The standard InChI is InChI=1S/C14H23NOS/c17-11-4-2-1-3-9-15(13-7-8-13)12-14-6-5-10-16-14/h5-6,10,13,17H,1-4,7-9,11-12H2. The summed E-state index contributed by atoms with van der Waals surface area (Å²) < 4.78 is 5.44. The minimum absolute atomic E-state index is 0.824. The first kappa shape index (κ1) is 13.0. The zero-order chi connectivity index (χ0) is 11.9. The fraction of sp³-hybridized carbons (Fsp3) is 0.714. The number of furan rings is 1. The van der Waals surface area contributed by atoms with Crippen LogP contribution in [-0.2, 0) is 6.54 Å². The molecular weight excluding hydrogens is 230 g/mol. The molecule has 1 saturated carbocycles. The van der Waals surface area contributed by atoms with Crippen molar-refractivity contribution in [1.82, 2.24) is 4.90 Å². The quantitative estimate of drug-likeness (QED) is 0.533. The molecule has 2 rings (SSSR count). The van der Waals surface area contributed by atoms with Crippen molar-refractivity contribution in [1.29, 1.82) is 0 Å². The van der Waals surface area contributed by atoms with Gasteiger partial charge in [-0.3, -0.25) is 4.90 Å². The number of rotatable bonds is 9. The van der Waals surface area contributed by atoms with E-state index in [1.54, 1.807) is 6.26 Å². The van der Waals surface area contributed by atoms with Crippen LogP contribution in [-0.4, -0.2) is 23.2 Å². The van der Waals surface area contributed by atoms with Crippen molar-refractivity contribution in [2.75, 3.05) is 12.3 Å². The summed E-state index contributed by atoms with van der Waals surface area (Å²) in [6.45, 7) is 2.21. The van der Waals surface area contributed by atoms with E-state index < -0.39 is 0 Å². The van der Waals surface area contributed by atoms with Gasteiger partial charge in [0.25, 0.3) is 0 Å². The Bertz CT molecular complexity index is 295. The summed E-state index contributed by atoms with van der Waals surface area (Å²) in [5.74, 6) is 2.13. The maximum absolute atomic E-state index is 5.44. The zero-order valence-corrected chi connectivity index (χ0v) is 11.4. The van der Waals surface area contributed by atoms with Crippen LogP contribution in [0.2, 0.25) is 0 Å². The molecule has 0 amide bonds. The molecule has 0 spiro atoms. The van der Waals surface area contributed by atoms with Crippen LogP contribution in [0, 0.1) is 0 Å². The van der Waals surface area contributed by atoms with Gasteiger partial charge in [-0.15, -0.1) is 0 Å². The first-order valence-corrected chi connectivity index (χ1v) is 7.40. The van der Waals surface area contributed by atoms with E-state index in [4.69, 9.17) is 4.42 Å². The number of thiol groups is 1. The Morgan fingerprint density at radius 2 is 2.06 bits per heavy atom. The summed E-state index contributed by atoms with van der Waals surface area (Å²) in [6, 6.07) is 4.88. The number of unbranched alkanes of at least 4 members (excludes halogenated alkanes) is 3. The van der Waals surface area contributed by atoms with Gasteiger partial charge in [-0.25, -0.2) is 0 Å². The minimum atomic E-state index is 0.824. The number of hydrogen-bond acceptors (Lipinski definition) is 3. The Labute approximate surface area is 110 Å². The van der Waals surface area contributed by atoms with Gasteiger partial charge >= 0.3 is 0 Å². The molecule has 2 nitrogen and oxygen atoms in total. The maximum atomic E-state index is 5.44. The van der Waals surface area contributed by atoms with Crippen molar-refractivity contribution in [3.63, 3.8) is 0 Å². The van der Waals surface area contributed by atoms with Gasteiger partial charge < -0.3 is 4.42 Å². The fourth-order valence-corrected chi connectivity index (χ4v) is 2.44. The predicted octanol–water partition coefficient (Wildman–Crippen LogP) is 3.73. The molecule has 0 radical (unpaired) electrons. The van der Waals surface area contributed by atoms with Crippen LogP contribution in [0.3, 0.4) is 0 Å². The summed E-state index contributed by atoms with van der Waals surface area (Å²) in [5.41, 5.74) is 0. The Morgan fingerprint density at radius 1 is 1.24 bits per heavy atom. The molecule has 1 aromatic rings. The van der Waals surface area contributed by atoms with Crippen LogP contribution in [0.25, 0.3) is 0 Å². The van der Waals surface area contributed by atoms with Crippen molar-refractivity contribution in [2.45, 2.75) is 51.1 Å². The summed E-state index contributed by atoms with van der Waals surface area (Å²) in [5, 5.41) is 0. The molecule has 0 N–H and O–H groups in total. The summed E-state index contributed by atoms with van der Waals surface area (Å²) in [4.78, 5) is 2.58. The molecule has 1 heterocycles. The van der Waals surface area contributed by atoms with Crippen LogP contribution >= 0.6 is 12.6 Å². The molecule has 0 unspecified atom stereocenters. The molecule has 17 heavy (non-hydrogen) atoms. The third-order valence-electron chi connectivity index (χ3n) is 3.36. The Balaban J connectivity index is 1.66. The van der Waals surface area contributed by atoms with Crippen LogP contribution in [0.5, 0.6) is 0 Å². The molecule has 96 valence electrons. The van der Waals surface area contributed by atoms with Gasteiger partial charge in [0.1, 0.15) is 5.76 Å². The van der Waals surface area contributed by atoms with E-state index in [0.29, 0.717) is 0 Å². The highest BCUT2D eigenvalue weighted by atomic mass is 32.1. The average molecular weight is 253 g/mol. The monoisotopic (exact) mass is 253 g/mol. The molecule has 1 aliphatic carbocycles. The normalized spacial score (nSPS) is 15.6. The number of nitrogens with zero attached hydrogens (tertiary/aromatic N) is 1. The van der Waals surface area contributed by atoms with Crippen LogP contribution in [0.15, 0.2) is 22.8 Å². The summed E-state index contributed by atoms with van der Waals surface area (Å²) >= 11 is 4.24. The maximum Gasteiger partial charge on any atom is 0.117 e. The second kappa shape index (κ2) is 7.12. The minimum Gasteiger partial charge on any atom is -0.468 e. The SMILES string of the molecule is SCCCCCCN(Cc1ccco1)C1CC1. The van der Waals surface area contributed by atoms with Gasteiger partial charge in [-0.1, -0.05) is 12.8 Å². The van der Waals surface area contributed by atoms with Gasteiger partial charge in [0, 0.05) is 6.04 Å². The highest BCUT2D eigenvalue weighted by molar-refractivity contribution is 7.80. The summed E-state index contributed by atoms with van der Waals surface area (Å²) in [7, 11) is 0. The summed E-state index contributed by atoms with van der Waals surface area (Å²) in [6.07, 6.45) is 9.74. The van der Waals surface area contributed by atoms with E-state index in [-0.39, 0.29) is 0 Å². The van der Waals surface area contributed by atoms with Crippen molar-refractivity contribution in [2.24, 2.45) is 0 Å². The second-order valence-corrected chi connectivity index (χ2v) is 5.37. The Kier molecular flexibility index (Phi) is 5.46. The van der Waals surface area contributed by atoms with E-state index in [2.05, 4.69) is 23.6 Å². The van der Waals surface area contributed by atoms with Crippen molar-refractivity contribution in [3.8, 4) is 0 Å². The van der Waals surface area contributed by atoms with Crippen molar-refractivity contribution >= 4 is 12.6 Å². The van der Waals surface area contributed by atoms with Crippen molar-refractivity contribution in [3.05, 3.63) is 24.2 Å². The smallest absolute Gasteiger partial charge is 0.117 e. The largest absolute Gasteiger partial charge is 0.468 e. The van der Waals surface area contributed by atoms with E-state index >= 15 is 0 Å². The fourth-order valence-electron chi connectivity index (χ4n) is 2.21. The zero-order valence-electron chi connectivity index (χ0n) is 10.5. The third kappa shape index (κ3) is 4.76. The molecule has 0 atom stereocenters. The second-order valence-electron chi connectivity index (χ2n) is 4.92. The van der Waals surface area contributed by atoms with Crippen LogP contribution in [0.4, 0.5) is 0 Å². The van der Waals surface area contributed by atoms with E-state index in [1.807, 2.05) is 6.07 Å². The van der Waals surface area contributed by atoms with E-state index in [0.717, 1.165) is 24.1 Å². The third-order valence-corrected chi connectivity index (χ3v) is 3.67. The van der Waals surface area contributed by atoms with Crippen LogP contribution in [0.1, 0.15) is 44.3 Å². The lowest BCUT2D eigenvalue weighted by Crippen LogP contribution is -2.26. The first-order chi connectivity index (χ1) is 8.40. The van der Waals surface area contributed by atoms with E-state index in [9.17, 15) is 0 Å². The highest BCUT2D eigenvalue weighted by Gasteiger charge is 2.28. The topological polar surface area (TPSA) is 16.4 Å². The molecule has 0 saturated heterocycles. The van der Waals surface area contributed by atoms with Gasteiger partial charge in [0.2, 0.25) is 0 Å². The molecule has 3 heteroatoms. The van der Waals surface area contributed by atoms with Gasteiger partial charge in [0.05, 0.1) is 12.8 Å².